The van der Waals surface area contributed by atoms with Crippen LogP contribution in [0.25, 0.3) is 5.57 Å². The first-order valence-corrected chi connectivity index (χ1v) is 30.4. The summed E-state index contributed by atoms with van der Waals surface area (Å²) in [6.07, 6.45) is 44.6. The van der Waals surface area contributed by atoms with Gasteiger partial charge in [0, 0.05) is 0 Å². The minimum absolute atomic E-state index is 1.03. The van der Waals surface area contributed by atoms with Crippen molar-refractivity contribution >= 4 is 29.2 Å². The maximum Gasteiger partial charge on any atom is 0.176 e. The summed E-state index contributed by atoms with van der Waals surface area (Å²) in [6, 6.07) is 36.3. The van der Waals surface area contributed by atoms with Crippen LogP contribution in [0.4, 0.5) is 0 Å². The summed E-state index contributed by atoms with van der Waals surface area (Å²) < 4.78 is 0. The van der Waals surface area contributed by atoms with Crippen molar-refractivity contribution in [2.75, 3.05) is 0 Å². The molecular weight excluding hydrogens is 809 g/mol. The molecule has 0 saturated carbocycles. The molecule has 0 bridgehead atoms. The third-order valence-electron chi connectivity index (χ3n) is 14.8. The van der Waals surface area contributed by atoms with Crippen LogP contribution in [0.2, 0.25) is 0 Å². The van der Waals surface area contributed by atoms with Crippen molar-refractivity contribution in [2.24, 2.45) is 0 Å². The largest absolute Gasteiger partial charge is 0.176 e. The summed E-state index contributed by atoms with van der Waals surface area (Å²) >= 11 is 0. The molecule has 0 N–H and O–H groups in total. The summed E-state index contributed by atoms with van der Waals surface area (Å²) in [4.78, 5) is 0. The zero-order valence-corrected chi connectivity index (χ0v) is 44.7. The van der Waals surface area contributed by atoms with Crippen molar-refractivity contribution in [3.8, 4) is 0 Å². The number of hydrogen-bond donors (Lipinski definition) is 0. The lowest BCUT2D eigenvalue weighted by Gasteiger charge is -2.38. The second kappa shape index (κ2) is 30.9. The highest BCUT2D eigenvalue weighted by molar-refractivity contribution is 7.16. The fraction of sp³-hybridized carbons (Fsp3) is 0.569. The molecule has 4 aromatic rings. The highest BCUT2D eigenvalue weighted by Crippen LogP contribution is 2.36. The van der Waals surface area contributed by atoms with Crippen molar-refractivity contribution in [3.63, 3.8) is 0 Å². The smallest absolute Gasteiger partial charge is 0.0802 e. The Morgan fingerprint density at radius 3 is 0.894 bits per heavy atom. The van der Waals surface area contributed by atoms with Gasteiger partial charge in [-0.15, -0.1) is 0 Å². The molecule has 0 nitrogen and oxygen atoms in total. The average molecular weight is 906 g/mol. The highest BCUT2D eigenvalue weighted by Gasteiger charge is 2.46. The molecule has 1 heteroatoms. The summed E-state index contributed by atoms with van der Waals surface area (Å²) in [6.45, 7) is 14.1. The Hall–Kier alpha value is -3.42. The van der Waals surface area contributed by atoms with E-state index in [1.807, 2.05) is 0 Å². The van der Waals surface area contributed by atoms with E-state index in [-0.39, 0.29) is 0 Å². The van der Waals surface area contributed by atoms with Crippen LogP contribution < -0.4 is 15.6 Å². The molecule has 1 aliphatic carbocycles. The van der Waals surface area contributed by atoms with E-state index in [4.69, 9.17) is 0 Å². The van der Waals surface area contributed by atoms with Gasteiger partial charge in [-0.05, 0) is 144 Å². The normalized spacial score (nSPS) is 12.8. The Balaban J connectivity index is 1.92. The molecule has 0 unspecified atom stereocenters. The summed E-state index contributed by atoms with van der Waals surface area (Å²) in [5, 5.41) is 6.70. The Morgan fingerprint density at radius 2 is 0.621 bits per heavy atom. The van der Waals surface area contributed by atoms with E-state index in [2.05, 4.69) is 139 Å². The van der Waals surface area contributed by atoms with Gasteiger partial charge in [0.05, 0.1) is 0 Å². The standard InChI is InChI=1S/C65H96Si/c1-7-13-19-26-35-54-45-55(36-27-20-14-8-2)49-61(48-54)66(65-44-34-43-64(65)60-41-32-25-33-42-60,62-50-56(37-28-21-15-9-3)46-57(51-62)38-29-22-16-10-4)63-52-58(39-30-23-17-11-5)47-59(53-63)40-31-24-18-12-6/h25,32-34,41-43,45-53H,7-24,26-31,35-40,44H2,1-6H3. The van der Waals surface area contributed by atoms with Crippen molar-refractivity contribution < 1.29 is 0 Å². The van der Waals surface area contributed by atoms with Gasteiger partial charge in [-0.1, -0.05) is 259 Å². The van der Waals surface area contributed by atoms with Gasteiger partial charge < -0.3 is 0 Å². The third-order valence-corrected chi connectivity index (χ3v) is 19.7. The maximum atomic E-state index is 2.80. The Labute approximate surface area is 409 Å². The Morgan fingerprint density at radius 1 is 0.333 bits per heavy atom. The number of allylic oxidation sites excluding steroid dienone is 4. The molecule has 0 amide bonds. The number of aryl methyl sites for hydroxylation is 6. The molecule has 0 heterocycles. The summed E-state index contributed by atoms with van der Waals surface area (Å²) in [5.41, 5.74) is 12.4. The topological polar surface area (TPSA) is 0 Å². The van der Waals surface area contributed by atoms with Gasteiger partial charge in [0.1, 0.15) is 0 Å². The minimum Gasteiger partial charge on any atom is -0.0802 e. The van der Waals surface area contributed by atoms with Crippen LogP contribution in [0.5, 0.6) is 0 Å². The van der Waals surface area contributed by atoms with Gasteiger partial charge in [-0.3, -0.25) is 0 Å². The van der Waals surface area contributed by atoms with Gasteiger partial charge in [0.25, 0.3) is 0 Å². The first-order chi connectivity index (χ1) is 32.5. The van der Waals surface area contributed by atoms with Crippen molar-refractivity contribution in [1.82, 2.24) is 0 Å². The molecule has 66 heavy (non-hydrogen) atoms. The Kier molecular flexibility index (Phi) is 25.0. The molecule has 0 aromatic heterocycles. The first kappa shape index (κ1) is 53.5. The van der Waals surface area contributed by atoms with Crippen LogP contribution >= 0.6 is 0 Å². The average Bonchev–Trinajstić information content (AvgIpc) is 3.83. The van der Waals surface area contributed by atoms with Gasteiger partial charge in [-0.25, -0.2) is 0 Å². The van der Waals surface area contributed by atoms with E-state index >= 15 is 0 Å². The van der Waals surface area contributed by atoms with Crippen LogP contribution in [-0.4, -0.2) is 8.07 Å². The van der Waals surface area contributed by atoms with Crippen LogP contribution in [0.3, 0.4) is 0 Å². The van der Waals surface area contributed by atoms with Crippen LogP contribution in [0.15, 0.2) is 102 Å². The SMILES string of the molecule is CCCCCCc1cc(CCCCCC)cc([Si](C2=C(c3ccccc3)C=CC2)(c2cc(CCCCCC)cc(CCCCCC)c2)c2cc(CCCCCC)cc(CCCCCC)c2)c1. The molecule has 0 saturated heterocycles. The number of benzene rings is 4. The molecule has 0 aliphatic heterocycles. The summed E-state index contributed by atoms with van der Waals surface area (Å²) in [5.74, 6) is 0. The lowest BCUT2D eigenvalue weighted by molar-refractivity contribution is 0.661. The second-order valence-corrected chi connectivity index (χ2v) is 24.4. The number of unbranched alkanes of at least 4 members (excludes halogenated alkanes) is 18. The number of rotatable bonds is 35. The van der Waals surface area contributed by atoms with E-state index in [0.29, 0.717) is 0 Å². The predicted molar refractivity (Wildman–Crippen MR) is 298 cm³/mol. The van der Waals surface area contributed by atoms with Gasteiger partial charge in [0.2, 0.25) is 0 Å². The molecule has 0 radical (unpaired) electrons. The van der Waals surface area contributed by atoms with Crippen molar-refractivity contribution in [1.29, 1.82) is 0 Å². The maximum absolute atomic E-state index is 2.93. The molecule has 360 valence electrons. The van der Waals surface area contributed by atoms with Crippen LogP contribution in [0.1, 0.15) is 241 Å². The first-order valence-electron chi connectivity index (χ1n) is 28.4. The van der Waals surface area contributed by atoms with Crippen molar-refractivity contribution in [2.45, 2.75) is 241 Å². The molecule has 4 aromatic carbocycles. The molecule has 1 aliphatic rings. The number of hydrogen-bond acceptors (Lipinski definition) is 0. The van der Waals surface area contributed by atoms with Gasteiger partial charge in [0.15, 0.2) is 8.07 Å². The third kappa shape index (κ3) is 16.4. The van der Waals surface area contributed by atoms with E-state index < -0.39 is 8.07 Å². The predicted octanol–water partition coefficient (Wildman–Crippen LogP) is 17.8. The lowest BCUT2D eigenvalue weighted by atomic mass is 10.00. The van der Waals surface area contributed by atoms with Crippen molar-refractivity contribution in [3.05, 3.63) is 141 Å². The molecular formula is C65H96Si. The fourth-order valence-corrected chi connectivity index (χ4v) is 16.6. The second-order valence-electron chi connectivity index (χ2n) is 20.6. The molecule has 5 rings (SSSR count). The van der Waals surface area contributed by atoms with E-state index in [1.54, 1.807) is 54.1 Å². The quantitative estimate of drug-likeness (QED) is 0.0245. The van der Waals surface area contributed by atoms with E-state index in [0.717, 1.165) is 6.42 Å². The highest BCUT2D eigenvalue weighted by atomic mass is 28.3. The fourth-order valence-electron chi connectivity index (χ4n) is 11.1. The van der Waals surface area contributed by atoms with Gasteiger partial charge >= 0.3 is 0 Å². The monoisotopic (exact) mass is 905 g/mol. The van der Waals surface area contributed by atoms with Crippen LogP contribution in [-0.2, 0) is 38.5 Å². The zero-order valence-electron chi connectivity index (χ0n) is 43.7. The summed E-state index contributed by atoms with van der Waals surface area (Å²) in [7, 11) is -2.93. The zero-order chi connectivity index (χ0) is 46.7. The Bertz CT molecular complexity index is 1750. The molecule has 0 fully saturated rings. The minimum atomic E-state index is -2.93. The van der Waals surface area contributed by atoms with E-state index in [1.165, 1.54) is 204 Å². The van der Waals surface area contributed by atoms with Gasteiger partial charge in [-0.2, -0.15) is 0 Å². The molecule has 0 spiro atoms. The van der Waals surface area contributed by atoms with E-state index in [9.17, 15) is 0 Å². The van der Waals surface area contributed by atoms with Crippen LogP contribution in [0, 0.1) is 0 Å². The lowest BCUT2D eigenvalue weighted by Crippen LogP contribution is -2.69. The molecule has 0 atom stereocenters.